The van der Waals surface area contributed by atoms with E-state index in [0.717, 1.165) is 10.4 Å². The van der Waals surface area contributed by atoms with E-state index in [-0.39, 0.29) is 12.8 Å². The van der Waals surface area contributed by atoms with Crippen LogP contribution in [0.2, 0.25) is 0 Å². The second-order valence-corrected chi connectivity index (χ2v) is 6.03. The Morgan fingerprint density at radius 3 is 2.35 bits per heavy atom. The molecule has 2 rings (SSSR count). The van der Waals surface area contributed by atoms with E-state index < -0.39 is 17.6 Å². The summed E-state index contributed by atoms with van der Waals surface area (Å²) in [7, 11) is 0. The first-order valence-electron chi connectivity index (χ1n) is 5.72. The lowest BCUT2D eigenvalue weighted by molar-refractivity contribution is -0.184. The molecule has 1 saturated carbocycles. The van der Waals surface area contributed by atoms with Crippen LogP contribution in [0.15, 0.2) is 11.4 Å². The molecular weight excluding hydrogens is 247 g/mol. The van der Waals surface area contributed by atoms with E-state index in [4.69, 9.17) is 5.73 Å². The van der Waals surface area contributed by atoms with Crippen LogP contribution in [0.5, 0.6) is 0 Å². The van der Waals surface area contributed by atoms with Crippen LogP contribution >= 0.6 is 11.3 Å². The zero-order valence-corrected chi connectivity index (χ0v) is 10.5. The van der Waals surface area contributed by atoms with E-state index in [9.17, 15) is 13.2 Å². The number of halogens is 3. The number of hydrogen-bond acceptors (Lipinski definition) is 2. The van der Waals surface area contributed by atoms with Crippen molar-refractivity contribution >= 4 is 11.3 Å². The van der Waals surface area contributed by atoms with E-state index in [1.54, 1.807) is 11.3 Å². The molecule has 2 N–H and O–H groups in total. The van der Waals surface area contributed by atoms with Crippen LogP contribution in [-0.4, -0.2) is 6.18 Å². The Labute approximate surface area is 103 Å². The number of aryl methyl sites for hydroxylation is 1. The van der Waals surface area contributed by atoms with Gasteiger partial charge in [-0.25, -0.2) is 0 Å². The number of alkyl halides is 3. The van der Waals surface area contributed by atoms with Gasteiger partial charge in [-0.2, -0.15) is 13.2 Å². The van der Waals surface area contributed by atoms with Crippen LogP contribution in [-0.2, 0) is 5.54 Å². The number of hydrogen-bond donors (Lipinski definition) is 1. The molecular formula is C12H16F3NS. The highest BCUT2D eigenvalue weighted by Gasteiger charge is 2.45. The third kappa shape index (κ3) is 2.65. The standard InChI is InChI=1S/C12H16F3NS/c1-8-6-10(7-17-8)11(16)4-2-9(3-5-11)12(13,14)15/h6-7,9H,2-5,16H2,1H3. The average molecular weight is 263 g/mol. The summed E-state index contributed by atoms with van der Waals surface area (Å²) >= 11 is 1.60. The quantitative estimate of drug-likeness (QED) is 0.815. The minimum Gasteiger partial charge on any atom is -0.321 e. The highest BCUT2D eigenvalue weighted by molar-refractivity contribution is 7.10. The Kier molecular flexibility index (Phi) is 3.25. The van der Waals surface area contributed by atoms with Gasteiger partial charge in [-0.15, -0.1) is 11.3 Å². The van der Waals surface area contributed by atoms with E-state index in [2.05, 4.69) is 0 Å². The van der Waals surface area contributed by atoms with Gasteiger partial charge in [-0.05, 0) is 49.6 Å². The van der Waals surface area contributed by atoms with E-state index >= 15 is 0 Å². The Hall–Kier alpha value is -0.550. The van der Waals surface area contributed by atoms with Gasteiger partial charge in [0.05, 0.1) is 5.92 Å². The minimum absolute atomic E-state index is 0.148. The SMILES string of the molecule is Cc1cc(C2(N)CCC(C(F)(F)F)CC2)cs1. The number of thiophene rings is 1. The summed E-state index contributed by atoms with van der Waals surface area (Å²) in [6, 6.07) is 2.00. The van der Waals surface area contributed by atoms with Gasteiger partial charge in [0.25, 0.3) is 0 Å². The lowest BCUT2D eigenvalue weighted by Gasteiger charge is -2.37. The molecule has 96 valence electrons. The first-order valence-corrected chi connectivity index (χ1v) is 6.60. The van der Waals surface area contributed by atoms with Gasteiger partial charge in [0.1, 0.15) is 0 Å². The summed E-state index contributed by atoms with van der Waals surface area (Å²) in [5.74, 6) is -1.17. The molecule has 0 spiro atoms. The molecule has 0 bridgehead atoms. The molecule has 1 aromatic heterocycles. The van der Waals surface area contributed by atoms with Gasteiger partial charge in [0.2, 0.25) is 0 Å². The molecule has 0 saturated heterocycles. The molecule has 1 nitrogen and oxygen atoms in total. The number of nitrogens with two attached hydrogens (primary N) is 1. The Balaban J connectivity index is 2.07. The van der Waals surface area contributed by atoms with Gasteiger partial charge in [0.15, 0.2) is 0 Å². The monoisotopic (exact) mass is 263 g/mol. The Morgan fingerprint density at radius 2 is 1.94 bits per heavy atom. The van der Waals surface area contributed by atoms with E-state index in [1.165, 1.54) is 0 Å². The fourth-order valence-corrected chi connectivity index (χ4v) is 3.26. The summed E-state index contributed by atoms with van der Waals surface area (Å²) < 4.78 is 37.7. The largest absolute Gasteiger partial charge is 0.391 e. The van der Waals surface area contributed by atoms with Crippen molar-refractivity contribution in [1.82, 2.24) is 0 Å². The molecule has 0 unspecified atom stereocenters. The second kappa shape index (κ2) is 4.28. The van der Waals surface area contributed by atoms with Crippen LogP contribution in [0.25, 0.3) is 0 Å². The molecule has 1 aliphatic rings. The minimum atomic E-state index is -4.06. The Morgan fingerprint density at radius 1 is 1.35 bits per heavy atom. The smallest absolute Gasteiger partial charge is 0.321 e. The molecule has 1 heterocycles. The molecule has 1 aromatic rings. The fourth-order valence-electron chi connectivity index (χ4n) is 2.45. The van der Waals surface area contributed by atoms with Crippen molar-refractivity contribution in [1.29, 1.82) is 0 Å². The van der Waals surface area contributed by atoms with Crippen LogP contribution in [0, 0.1) is 12.8 Å². The third-order valence-corrected chi connectivity index (χ3v) is 4.51. The highest BCUT2D eigenvalue weighted by Crippen LogP contribution is 2.44. The van der Waals surface area contributed by atoms with Gasteiger partial charge in [0, 0.05) is 10.4 Å². The predicted octanol–water partition coefficient (Wildman–Crippen LogP) is 3.96. The second-order valence-electron chi connectivity index (χ2n) is 4.92. The molecule has 0 aromatic carbocycles. The van der Waals surface area contributed by atoms with Crippen molar-refractivity contribution in [2.75, 3.05) is 0 Å². The number of rotatable bonds is 1. The molecule has 1 aliphatic carbocycles. The van der Waals surface area contributed by atoms with E-state index in [1.807, 2.05) is 18.4 Å². The van der Waals surface area contributed by atoms with E-state index in [0.29, 0.717) is 12.8 Å². The van der Waals surface area contributed by atoms with Gasteiger partial charge in [-0.3, -0.25) is 0 Å². The van der Waals surface area contributed by atoms with Crippen molar-refractivity contribution in [2.45, 2.75) is 44.3 Å². The van der Waals surface area contributed by atoms with Gasteiger partial charge in [-0.1, -0.05) is 0 Å². The van der Waals surface area contributed by atoms with Gasteiger partial charge >= 0.3 is 6.18 Å². The Bertz CT molecular complexity index is 389. The molecule has 5 heteroatoms. The molecule has 1 fully saturated rings. The zero-order valence-electron chi connectivity index (χ0n) is 9.68. The van der Waals surface area contributed by atoms with Crippen LogP contribution in [0.3, 0.4) is 0 Å². The molecule has 0 aliphatic heterocycles. The predicted molar refractivity (Wildman–Crippen MR) is 62.9 cm³/mol. The molecule has 0 atom stereocenters. The topological polar surface area (TPSA) is 26.0 Å². The normalized spacial score (nSPS) is 30.5. The first kappa shape index (κ1) is 12.9. The molecule has 17 heavy (non-hydrogen) atoms. The van der Waals surface area contributed by atoms with Crippen LogP contribution < -0.4 is 5.73 Å². The lowest BCUT2D eigenvalue weighted by Crippen LogP contribution is -2.42. The maximum atomic E-state index is 12.6. The maximum Gasteiger partial charge on any atom is 0.391 e. The summed E-state index contributed by atoms with van der Waals surface area (Å²) in [6.45, 7) is 1.98. The summed E-state index contributed by atoms with van der Waals surface area (Å²) in [5, 5.41) is 1.98. The summed E-state index contributed by atoms with van der Waals surface area (Å²) in [4.78, 5) is 1.16. The summed E-state index contributed by atoms with van der Waals surface area (Å²) in [6.07, 6.45) is -2.92. The first-order chi connectivity index (χ1) is 7.81. The lowest BCUT2D eigenvalue weighted by atomic mass is 9.74. The van der Waals surface area contributed by atoms with Crippen molar-refractivity contribution in [3.63, 3.8) is 0 Å². The van der Waals surface area contributed by atoms with Crippen molar-refractivity contribution in [3.05, 3.63) is 21.9 Å². The fraction of sp³-hybridized carbons (Fsp3) is 0.667. The van der Waals surface area contributed by atoms with Gasteiger partial charge < -0.3 is 5.73 Å². The maximum absolute atomic E-state index is 12.6. The molecule has 0 amide bonds. The zero-order chi connectivity index (χ0) is 12.7. The van der Waals surface area contributed by atoms with Crippen LogP contribution in [0.1, 0.15) is 36.1 Å². The van der Waals surface area contributed by atoms with Crippen molar-refractivity contribution < 1.29 is 13.2 Å². The third-order valence-electron chi connectivity index (χ3n) is 3.65. The van der Waals surface area contributed by atoms with Crippen molar-refractivity contribution in [2.24, 2.45) is 11.7 Å². The van der Waals surface area contributed by atoms with Crippen molar-refractivity contribution in [3.8, 4) is 0 Å². The highest BCUT2D eigenvalue weighted by atomic mass is 32.1. The summed E-state index contributed by atoms with van der Waals surface area (Å²) in [5.41, 5.74) is 6.69. The molecule has 0 radical (unpaired) electrons. The van der Waals surface area contributed by atoms with Crippen LogP contribution in [0.4, 0.5) is 13.2 Å². The average Bonchev–Trinajstić information content (AvgIpc) is 2.65.